The van der Waals surface area contributed by atoms with Gasteiger partial charge in [0.1, 0.15) is 11.6 Å². The molecule has 0 saturated carbocycles. The second-order valence-corrected chi connectivity index (χ2v) is 13.2. The Labute approximate surface area is 255 Å². The second kappa shape index (κ2) is 11.8. The molecule has 44 heavy (non-hydrogen) atoms. The van der Waals surface area contributed by atoms with Crippen LogP contribution in [0.2, 0.25) is 0 Å². The highest BCUT2D eigenvalue weighted by Gasteiger charge is 2.34. The maximum atomic E-state index is 13.7. The number of benzene rings is 3. The van der Waals surface area contributed by atoms with E-state index >= 15 is 0 Å². The first-order valence-electron chi connectivity index (χ1n) is 14.5. The zero-order valence-electron chi connectivity index (χ0n) is 24.8. The van der Waals surface area contributed by atoms with Crippen molar-refractivity contribution in [3.8, 4) is 23.2 Å². The minimum absolute atomic E-state index is 0.119. The van der Waals surface area contributed by atoms with E-state index in [1.165, 1.54) is 10.4 Å². The Bertz CT molecular complexity index is 2080. The van der Waals surface area contributed by atoms with Crippen molar-refractivity contribution in [1.29, 1.82) is 5.26 Å². The second-order valence-electron chi connectivity index (χ2n) is 11.2. The minimum Gasteiger partial charge on any atom is -0.493 e. The van der Waals surface area contributed by atoms with E-state index in [-0.39, 0.29) is 22.3 Å². The fourth-order valence-electron chi connectivity index (χ4n) is 5.57. The molecule has 0 spiro atoms. The normalized spacial score (nSPS) is 15.8. The number of nitrogens with one attached hydrogen (secondary N) is 1. The number of hydrogen-bond donors (Lipinski definition) is 1. The fourth-order valence-corrected chi connectivity index (χ4v) is 7.09. The molecule has 5 aromatic rings. The van der Waals surface area contributed by atoms with E-state index in [2.05, 4.69) is 16.0 Å². The summed E-state index contributed by atoms with van der Waals surface area (Å²) in [6.45, 7) is 3.73. The SMILES string of the molecule is CCCOc1ccc(S(=O)(=O)N2CCC(N(C)C)C2)cc1-c1nc2cc3ncn(Cc4cccc(C#N)c4)c3cc2c(=O)[nH]1. The van der Waals surface area contributed by atoms with Gasteiger partial charge in [0, 0.05) is 25.7 Å². The highest BCUT2D eigenvalue weighted by molar-refractivity contribution is 7.89. The number of hydrogen-bond acceptors (Lipinski definition) is 8. The quantitative estimate of drug-likeness (QED) is 0.264. The lowest BCUT2D eigenvalue weighted by Crippen LogP contribution is -2.34. The molecule has 1 aliphatic rings. The van der Waals surface area contributed by atoms with Crippen molar-refractivity contribution < 1.29 is 13.2 Å². The molecule has 0 radical (unpaired) electrons. The Morgan fingerprint density at radius 2 is 1.98 bits per heavy atom. The Morgan fingerprint density at radius 1 is 1.14 bits per heavy atom. The maximum absolute atomic E-state index is 13.7. The number of H-pyrrole nitrogens is 1. The van der Waals surface area contributed by atoms with Gasteiger partial charge in [0.25, 0.3) is 5.56 Å². The summed E-state index contributed by atoms with van der Waals surface area (Å²) in [6, 6.07) is 17.9. The summed E-state index contributed by atoms with van der Waals surface area (Å²) in [7, 11) is 0.122. The summed E-state index contributed by atoms with van der Waals surface area (Å²) in [5, 5.41) is 9.62. The Balaban J connectivity index is 1.40. The van der Waals surface area contributed by atoms with E-state index in [0.717, 1.165) is 23.9 Å². The summed E-state index contributed by atoms with van der Waals surface area (Å²) < 4.78 is 36.7. The molecule has 1 atom stereocenters. The number of likely N-dealkylation sites (N-methyl/N-ethyl adjacent to an activating group) is 1. The van der Waals surface area contributed by atoms with Crippen LogP contribution in [0.1, 0.15) is 30.9 Å². The van der Waals surface area contributed by atoms with Crippen molar-refractivity contribution in [2.45, 2.75) is 37.2 Å². The van der Waals surface area contributed by atoms with E-state index in [0.29, 0.717) is 59.5 Å². The molecular weight excluding hydrogens is 578 g/mol. The van der Waals surface area contributed by atoms with Crippen molar-refractivity contribution in [2.24, 2.45) is 0 Å². The molecule has 2 aromatic heterocycles. The summed E-state index contributed by atoms with van der Waals surface area (Å²) in [4.78, 5) is 27.8. The maximum Gasteiger partial charge on any atom is 0.259 e. The number of imidazole rings is 1. The van der Waals surface area contributed by atoms with Crippen molar-refractivity contribution >= 4 is 32.0 Å². The van der Waals surface area contributed by atoms with Crippen molar-refractivity contribution in [3.05, 3.63) is 82.4 Å². The van der Waals surface area contributed by atoms with E-state index in [1.807, 2.05) is 48.7 Å². The van der Waals surface area contributed by atoms with Gasteiger partial charge in [0.2, 0.25) is 10.0 Å². The average Bonchev–Trinajstić information content (AvgIpc) is 3.68. The lowest BCUT2D eigenvalue weighted by atomic mass is 10.1. The van der Waals surface area contributed by atoms with Gasteiger partial charge < -0.3 is 19.2 Å². The van der Waals surface area contributed by atoms with Crippen LogP contribution in [0.15, 0.2) is 70.6 Å². The van der Waals surface area contributed by atoms with Crippen molar-refractivity contribution in [1.82, 2.24) is 28.7 Å². The zero-order valence-corrected chi connectivity index (χ0v) is 25.6. The van der Waals surface area contributed by atoms with Gasteiger partial charge >= 0.3 is 0 Å². The van der Waals surface area contributed by atoms with Gasteiger partial charge in [0.05, 0.1) is 57.0 Å². The lowest BCUT2D eigenvalue weighted by molar-refractivity contribution is 0.302. The largest absolute Gasteiger partial charge is 0.493 e. The molecule has 0 bridgehead atoms. The molecular formula is C32H33N7O4S. The van der Waals surface area contributed by atoms with E-state index in [1.54, 1.807) is 36.7 Å². The molecule has 0 aliphatic carbocycles. The standard InChI is InChI=1S/C32H33N7O4S/c1-4-12-43-30-9-8-24(44(41,42)39-11-10-23(19-39)37(2)3)14-26(30)31-35-27-16-28-29(15-25(27)32(40)36-31)38(20-34-28)18-22-7-5-6-21(13-22)17-33/h5-9,13-16,20,23H,4,10-12,18-19H2,1-3H3,(H,35,36,40). The summed E-state index contributed by atoms with van der Waals surface area (Å²) in [5.41, 5.74) is 3.37. The molecule has 6 rings (SSSR count). The van der Waals surface area contributed by atoms with Crippen LogP contribution in [0.4, 0.5) is 0 Å². The Morgan fingerprint density at radius 3 is 2.73 bits per heavy atom. The van der Waals surface area contributed by atoms with E-state index in [4.69, 9.17) is 9.72 Å². The van der Waals surface area contributed by atoms with Gasteiger partial charge in [-0.05, 0) is 75.0 Å². The molecule has 0 amide bonds. The first-order valence-corrected chi connectivity index (χ1v) is 15.9. The first kappa shape index (κ1) is 29.5. The van der Waals surface area contributed by atoms with Gasteiger partial charge in [0.15, 0.2) is 0 Å². The van der Waals surface area contributed by atoms with Crippen LogP contribution in [0, 0.1) is 11.3 Å². The fraction of sp³-hybridized carbons (Fsp3) is 0.312. The van der Waals surface area contributed by atoms with E-state index in [9.17, 15) is 18.5 Å². The highest BCUT2D eigenvalue weighted by Crippen LogP contribution is 2.33. The number of ether oxygens (including phenoxy) is 1. The molecule has 1 N–H and O–H groups in total. The first-order chi connectivity index (χ1) is 21.2. The van der Waals surface area contributed by atoms with Crippen LogP contribution >= 0.6 is 0 Å². The van der Waals surface area contributed by atoms with Gasteiger partial charge in [-0.15, -0.1) is 0 Å². The molecule has 1 unspecified atom stereocenters. The third kappa shape index (κ3) is 5.57. The van der Waals surface area contributed by atoms with Crippen LogP contribution in [-0.4, -0.2) is 77.0 Å². The van der Waals surface area contributed by atoms with Crippen LogP contribution in [0.3, 0.4) is 0 Å². The van der Waals surface area contributed by atoms with Crippen LogP contribution < -0.4 is 10.3 Å². The van der Waals surface area contributed by atoms with E-state index < -0.39 is 10.0 Å². The number of aromatic amines is 1. The molecule has 1 aliphatic heterocycles. The smallest absolute Gasteiger partial charge is 0.259 e. The summed E-state index contributed by atoms with van der Waals surface area (Å²) >= 11 is 0. The summed E-state index contributed by atoms with van der Waals surface area (Å²) in [6.07, 6.45) is 3.21. The predicted molar refractivity (Wildman–Crippen MR) is 168 cm³/mol. The third-order valence-electron chi connectivity index (χ3n) is 8.02. The zero-order chi connectivity index (χ0) is 31.0. The third-order valence-corrected chi connectivity index (χ3v) is 9.88. The minimum atomic E-state index is -3.78. The lowest BCUT2D eigenvalue weighted by Gasteiger charge is -2.21. The average molecular weight is 612 g/mol. The number of rotatable bonds is 9. The summed E-state index contributed by atoms with van der Waals surface area (Å²) in [5.74, 6) is 0.649. The molecule has 11 nitrogen and oxygen atoms in total. The van der Waals surface area contributed by atoms with Gasteiger partial charge in [-0.2, -0.15) is 9.57 Å². The molecule has 12 heteroatoms. The molecule has 1 saturated heterocycles. The Hall–Kier alpha value is -4.57. The van der Waals surface area contributed by atoms with Gasteiger partial charge in [-0.3, -0.25) is 4.79 Å². The molecule has 1 fully saturated rings. The number of fused-ring (bicyclic) bond motifs is 2. The van der Waals surface area contributed by atoms with Crippen molar-refractivity contribution in [2.75, 3.05) is 33.8 Å². The highest BCUT2D eigenvalue weighted by atomic mass is 32.2. The predicted octanol–water partition coefficient (Wildman–Crippen LogP) is 3.97. The van der Waals surface area contributed by atoms with Crippen LogP contribution in [0.5, 0.6) is 5.75 Å². The number of nitrogens with zero attached hydrogens (tertiary/aromatic N) is 6. The van der Waals surface area contributed by atoms with Crippen LogP contribution in [-0.2, 0) is 16.6 Å². The van der Waals surface area contributed by atoms with Crippen molar-refractivity contribution in [3.63, 3.8) is 0 Å². The molecule has 226 valence electrons. The number of sulfonamides is 1. The molecule has 3 aromatic carbocycles. The topological polar surface area (TPSA) is 137 Å². The van der Waals surface area contributed by atoms with Crippen LogP contribution in [0.25, 0.3) is 33.3 Å². The number of aromatic nitrogens is 4. The monoisotopic (exact) mass is 611 g/mol. The number of nitriles is 1. The Kier molecular flexibility index (Phi) is 7.94. The van der Waals surface area contributed by atoms with Gasteiger partial charge in [-0.1, -0.05) is 19.1 Å². The van der Waals surface area contributed by atoms with Gasteiger partial charge in [-0.25, -0.2) is 18.4 Å². The molecule has 3 heterocycles.